The number of hydrogen-bond acceptors (Lipinski definition) is 2. The Bertz CT molecular complexity index is 189. The van der Waals surface area contributed by atoms with Crippen molar-refractivity contribution in [1.29, 1.82) is 0 Å². The van der Waals surface area contributed by atoms with Gasteiger partial charge in [0.2, 0.25) is 5.91 Å². The summed E-state index contributed by atoms with van der Waals surface area (Å²) in [5.74, 6) is 0.0599. The van der Waals surface area contributed by atoms with Crippen molar-refractivity contribution in [3.8, 4) is 0 Å². The van der Waals surface area contributed by atoms with Gasteiger partial charge in [-0.3, -0.25) is 4.79 Å². The molecule has 1 unspecified atom stereocenters. The number of carbonyl (C=O) groups is 1. The number of ether oxygens (including phenoxy) is 1. The van der Waals surface area contributed by atoms with Gasteiger partial charge in [0.1, 0.15) is 0 Å². The first-order valence-electron chi connectivity index (χ1n) is 4.91. The summed E-state index contributed by atoms with van der Waals surface area (Å²) >= 11 is 0. The van der Waals surface area contributed by atoms with E-state index in [1.165, 1.54) is 0 Å². The second-order valence-electron chi connectivity index (χ2n) is 4.33. The zero-order chi connectivity index (χ0) is 9.90. The average Bonchev–Trinajstić information content (AvgIpc) is 2.12. The first kappa shape index (κ1) is 10.5. The van der Waals surface area contributed by atoms with Gasteiger partial charge in [-0.05, 0) is 33.1 Å². The van der Waals surface area contributed by atoms with Crippen LogP contribution in [0.2, 0.25) is 0 Å². The van der Waals surface area contributed by atoms with Gasteiger partial charge in [0.25, 0.3) is 0 Å². The lowest BCUT2D eigenvalue weighted by molar-refractivity contribution is -0.119. The molecule has 1 N–H and O–H groups in total. The van der Waals surface area contributed by atoms with Crippen molar-refractivity contribution in [3.05, 3.63) is 0 Å². The molecule has 0 spiro atoms. The van der Waals surface area contributed by atoms with Gasteiger partial charge in [0.15, 0.2) is 0 Å². The Hall–Kier alpha value is -0.570. The molecule has 1 fully saturated rings. The minimum Gasteiger partial charge on any atom is -0.375 e. The summed E-state index contributed by atoms with van der Waals surface area (Å²) in [6, 6.07) is 0.305. The molecule has 3 heteroatoms. The lowest BCUT2D eigenvalue weighted by atomic mass is 9.99. The molecule has 0 aromatic rings. The second kappa shape index (κ2) is 4.09. The molecule has 13 heavy (non-hydrogen) atoms. The first-order valence-corrected chi connectivity index (χ1v) is 4.91. The average molecular weight is 185 g/mol. The molecule has 1 atom stereocenters. The summed E-state index contributed by atoms with van der Waals surface area (Å²) in [7, 11) is 0. The van der Waals surface area contributed by atoms with Gasteiger partial charge in [-0.25, -0.2) is 0 Å². The fourth-order valence-corrected chi connectivity index (χ4v) is 1.65. The molecule has 0 radical (unpaired) electrons. The maximum Gasteiger partial charge on any atom is 0.217 e. The van der Waals surface area contributed by atoms with E-state index in [1.807, 2.05) is 0 Å². The summed E-state index contributed by atoms with van der Waals surface area (Å²) in [4.78, 5) is 10.8. The number of hydrogen-bond donors (Lipinski definition) is 1. The number of nitrogens with one attached hydrogen (secondary N) is 1. The van der Waals surface area contributed by atoms with Crippen molar-refractivity contribution < 1.29 is 9.53 Å². The standard InChI is InChI=1S/C10H19NO2/c1-8(12)11-9-4-6-10(2,3)13-7-5-9/h9H,4-7H2,1-3H3,(H,11,12). The first-order chi connectivity index (χ1) is 5.99. The predicted molar refractivity (Wildman–Crippen MR) is 51.5 cm³/mol. The van der Waals surface area contributed by atoms with Crippen molar-refractivity contribution in [2.45, 2.75) is 51.7 Å². The van der Waals surface area contributed by atoms with Gasteiger partial charge in [0.05, 0.1) is 5.60 Å². The van der Waals surface area contributed by atoms with Crippen LogP contribution in [-0.2, 0) is 9.53 Å². The molecule has 3 nitrogen and oxygen atoms in total. The highest BCUT2D eigenvalue weighted by molar-refractivity contribution is 5.73. The van der Waals surface area contributed by atoms with Crippen molar-refractivity contribution in [2.24, 2.45) is 0 Å². The maximum atomic E-state index is 10.8. The Kier molecular flexibility index (Phi) is 3.31. The summed E-state index contributed by atoms with van der Waals surface area (Å²) < 4.78 is 5.65. The summed E-state index contributed by atoms with van der Waals surface area (Å²) in [6.45, 7) is 6.52. The Morgan fingerprint density at radius 2 is 2.15 bits per heavy atom. The highest BCUT2D eigenvalue weighted by Crippen LogP contribution is 2.22. The quantitative estimate of drug-likeness (QED) is 0.672. The Labute approximate surface area is 79.8 Å². The smallest absolute Gasteiger partial charge is 0.217 e. The van der Waals surface area contributed by atoms with Crippen LogP contribution in [-0.4, -0.2) is 24.2 Å². The van der Waals surface area contributed by atoms with Crippen molar-refractivity contribution in [3.63, 3.8) is 0 Å². The van der Waals surface area contributed by atoms with Crippen LogP contribution >= 0.6 is 0 Å². The third kappa shape index (κ3) is 3.77. The van der Waals surface area contributed by atoms with Gasteiger partial charge in [0, 0.05) is 19.6 Å². The molecule has 0 aromatic carbocycles. The molecule has 0 saturated carbocycles. The van der Waals surface area contributed by atoms with Crippen LogP contribution in [0.3, 0.4) is 0 Å². The minimum atomic E-state index is -0.0206. The largest absolute Gasteiger partial charge is 0.375 e. The van der Waals surface area contributed by atoms with E-state index < -0.39 is 0 Å². The van der Waals surface area contributed by atoms with Gasteiger partial charge in [-0.2, -0.15) is 0 Å². The SMILES string of the molecule is CC(=O)NC1CCOC(C)(C)CC1. The van der Waals surface area contributed by atoms with Crippen LogP contribution in [0.25, 0.3) is 0 Å². The van der Waals surface area contributed by atoms with Crippen LogP contribution in [0.5, 0.6) is 0 Å². The van der Waals surface area contributed by atoms with E-state index in [1.54, 1.807) is 6.92 Å². The van der Waals surface area contributed by atoms with Crippen molar-refractivity contribution >= 4 is 5.91 Å². The lowest BCUT2D eigenvalue weighted by Gasteiger charge is -2.22. The molecule has 0 aliphatic carbocycles. The normalized spacial score (nSPS) is 27.8. The Morgan fingerprint density at radius 3 is 2.77 bits per heavy atom. The summed E-state index contributed by atoms with van der Waals surface area (Å²) in [5, 5.41) is 2.94. The Balaban J connectivity index is 2.40. The maximum absolute atomic E-state index is 10.8. The molecule has 1 rings (SSSR count). The topological polar surface area (TPSA) is 38.3 Å². The number of rotatable bonds is 1. The van der Waals surface area contributed by atoms with E-state index >= 15 is 0 Å². The van der Waals surface area contributed by atoms with Crippen LogP contribution in [0.15, 0.2) is 0 Å². The minimum absolute atomic E-state index is 0.0206. The summed E-state index contributed by atoms with van der Waals surface area (Å²) in [5.41, 5.74) is -0.0206. The molecule has 0 bridgehead atoms. The highest BCUT2D eigenvalue weighted by Gasteiger charge is 2.24. The molecular weight excluding hydrogens is 166 g/mol. The zero-order valence-corrected chi connectivity index (χ0v) is 8.72. The van der Waals surface area contributed by atoms with Gasteiger partial charge in [-0.1, -0.05) is 0 Å². The van der Waals surface area contributed by atoms with Crippen LogP contribution in [0, 0.1) is 0 Å². The summed E-state index contributed by atoms with van der Waals surface area (Å²) in [6.07, 6.45) is 2.97. The van der Waals surface area contributed by atoms with E-state index in [0.717, 1.165) is 25.9 Å². The molecule has 1 aliphatic rings. The molecule has 1 saturated heterocycles. The molecule has 1 amide bonds. The van der Waals surface area contributed by atoms with Crippen molar-refractivity contribution in [2.75, 3.05) is 6.61 Å². The molecule has 1 aliphatic heterocycles. The number of carbonyl (C=O) groups excluding carboxylic acids is 1. The van der Waals surface area contributed by atoms with E-state index in [2.05, 4.69) is 19.2 Å². The van der Waals surface area contributed by atoms with E-state index in [0.29, 0.717) is 6.04 Å². The Morgan fingerprint density at radius 1 is 1.46 bits per heavy atom. The number of amides is 1. The predicted octanol–water partition coefficient (Wildman–Crippen LogP) is 1.47. The van der Waals surface area contributed by atoms with E-state index in [4.69, 9.17) is 4.74 Å². The molecule has 0 aromatic heterocycles. The fraction of sp³-hybridized carbons (Fsp3) is 0.900. The second-order valence-corrected chi connectivity index (χ2v) is 4.33. The van der Waals surface area contributed by atoms with E-state index in [-0.39, 0.29) is 11.5 Å². The van der Waals surface area contributed by atoms with Gasteiger partial charge < -0.3 is 10.1 Å². The monoisotopic (exact) mass is 185 g/mol. The third-order valence-corrected chi connectivity index (χ3v) is 2.46. The van der Waals surface area contributed by atoms with Gasteiger partial charge >= 0.3 is 0 Å². The van der Waals surface area contributed by atoms with Crippen LogP contribution < -0.4 is 5.32 Å². The van der Waals surface area contributed by atoms with Crippen LogP contribution in [0.1, 0.15) is 40.0 Å². The molecular formula is C10H19NO2. The van der Waals surface area contributed by atoms with E-state index in [9.17, 15) is 4.79 Å². The third-order valence-electron chi connectivity index (χ3n) is 2.46. The molecule has 76 valence electrons. The lowest BCUT2D eigenvalue weighted by Crippen LogP contribution is -2.33. The van der Waals surface area contributed by atoms with Crippen molar-refractivity contribution in [1.82, 2.24) is 5.32 Å². The zero-order valence-electron chi connectivity index (χ0n) is 8.72. The fourth-order valence-electron chi connectivity index (χ4n) is 1.65. The van der Waals surface area contributed by atoms with Crippen LogP contribution in [0.4, 0.5) is 0 Å². The highest BCUT2D eigenvalue weighted by atomic mass is 16.5. The molecule has 1 heterocycles. The van der Waals surface area contributed by atoms with Gasteiger partial charge in [-0.15, -0.1) is 0 Å².